The molecule has 0 aliphatic heterocycles. The molecule has 2 aromatic heterocycles. The summed E-state index contributed by atoms with van der Waals surface area (Å²) in [5.41, 5.74) is 2.04. The van der Waals surface area contributed by atoms with Gasteiger partial charge in [0.25, 0.3) is 0 Å². The molecule has 2 heterocycles. The van der Waals surface area contributed by atoms with Crippen LogP contribution in [0.1, 0.15) is 5.56 Å². The van der Waals surface area contributed by atoms with Gasteiger partial charge in [0.1, 0.15) is 15.4 Å². The summed E-state index contributed by atoms with van der Waals surface area (Å²) < 4.78 is 2.52. The first-order valence-electron chi connectivity index (χ1n) is 3.48. The Labute approximate surface area is 83.3 Å². The van der Waals surface area contributed by atoms with Crippen LogP contribution in [0.4, 0.5) is 0 Å². The molecule has 0 atom stereocenters. The highest BCUT2D eigenvalue weighted by Gasteiger charge is 2.05. The fourth-order valence-electron chi connectivity index (χ4n) is 1.09. The zero-order valence-corrected chi connectivity index (χ0v) is 8.72. The number of fused-ring (bicyclic) bond motifs is 1. The van der Waals surface area contributed by atoms with Crippen LogP contribution in [0, 0.1) is 6.92 Å². The minimum absolute atomic E-state index is 0.616. The van der Waals surface area contributed by atoms with Gasteiger partial charge in [0.15, 0.2) is 0 Å². The van der Waals surface area contributed by atoms with Gasteiger partial charge in [-0.05, 0) is 40.5 Å². The van der Waals surface area contributed by atoms with Crippen molar-refractivity contribution >= 4 is 33.2 Å². The van der Waals surface area contributed by atoms with E-state index in [4.69, 9.17) is 11.6 Å². The quantitative estimate of drug-likeness (QED) is 0.697. The first kappa shape index (κ1) is 8.08. The highest BCUT2D eigenvalue weighted by Crippen LogP contribution is 2.23. The molecule has 0 unspecified atom stereocenters. The fourth-order valence-corrected chi connectivity index (χ4v) is 1.65. The molecule has 0 fully saturated rings. The zero-order valence-electron chi connectivity index (χ0n) is 6.38. The summed E-state index contributed by atoms with van der Waals surface area (Å²) in [5.74, 6) is 0. The van der Waals surface area contributed by atoms with Crippen molar-refractivity contribution in [2.24, 2.45) is 0 Å². The minimum atomic E-state index is 0.616. The molecule has 0 aliphatic carbocycles. The van der Waals surface area contributed by atoms with Crippen molar-refractivity contribution in [3.8, 4) is 0 Å². The van der Waals surface area contributed by atoms with E-state index < -0.39 is 0 Å². The summed E-state index contributed by atoms with van der Waals surface area (Å²) in [6.45, 7) is 2.02. The molecule has 2 rings (SSSR count). The maximum Gasteiger partial charge on any atom is 0.147 e. The first-order valence-corrected chi connectivity index (χ1v) is 4.65. The van der Waals surface area contributed by atoms with Crippen LogP contribution in [-0.2, 0) is 0 Å². The topological polar surface area (TPSA) is 17.3 Å². The van der Waals surface area contributed by atoms with Gasteiger partial charge in [-0.15, -0.1) is 0 Å². The van der Waals surface area contributed by atoms with Crippen LogP contribution in [0.5, 0.6) is 0 Å². The number of pyridine rings is 1. The van der Waals surface area contributed by atoms with Gasteiger partial charge in [0, 0.05) is 6.20 Å². The number of halogens is 2. The average molecular weight is 246 g/mol. The summed E-state index contributed by atoms with van der Waals surface area (Å²) in [4.78, 5) is 4.22. The molecule has 0 radical (unpaired) electrons. The van der Waals surface area contributed by atoms with Crippen molar-refractivity contribution in [2.75, 3.05) is 0 Å². The van der Waals surface area contributed by atoms with E-state index in [1.165, 1.54) is 5.56 Å². The van der Waals surface area contributed by atoms with E-state index in [-0.39, 0.29) is 0 Å². The normalized spacial score (nSPS) is 10.9. The van der Waals surface area contributed by atoms with Crippen molar-refractivity contribution in [2.45, 2.75) is 6.92 Å². The number of hydrogen-bond donors (Lipinski definition) is 0. The monoisotopic (exact) mass is 244 g/mol. The second-order valence-corrected chi connectivity index (χ2v) is 3.73. The second-order valence-electron chi connectivity index (χ2n) is 2.63. The Kier molecular flexibility index (Phi) is 1.85. The van der Waals surface area contributed by atoms with Crippen molar-refractivity contribution in [3.63, 3.8) is 0 Å². The fraction of sp³-hybridized carbons (Fsp3) is 0.125. The number of imidazole rings is 1. The van der Waals surface area contributed by atoms with E-state index in [2.05, 4.69) is 20.9 Å². The lowest BCUT2D eigenvalue weighted by Crippen LogP contribution is -1.83. The predicted octanol–water partition coefficient (Wildman–Crippen LogP) is 3.06. The molecule has 2 aromatic rings. The Hall–Kier alpha value is -0.540. The molecular weight excluding hydrogens is 239 g/mol. The third kappa shape index (κ3) is 1.13. The summed E-state index contributed by atoms with van der Waals surface area (Å²) in [7, 11) is 0. The van der Waals surface area contributed by atoms with E-state index in [1.54, 1.807) is 0 Å². The number of rotatable bonds is 0. The zero-order chi connectivity index (χ0) is 8.72. The van der Waals surface area contributed by atoms with Crippen molar-refractivity contribution < 1.29 is 0 Å². The van der Waals surface area contributed by atoms with E-state index in [0.29, 0.717) is 9.76 Å². The lowest BCUT2D eigenvalue weighted by atomic mass is 10.3. The van der Waals surface area contributed by atoms with Gasteiger partial charge in [-0.3, -0.25) is 4.40 Å². The second kappa shape index (κ2) is 2.75. The molecule has 4 heteroatoms. The van der Waals surface area contributed by atoms with Crippen LogP contribution in [-0.4, -0.2) is 9.38 Å². The molecule has 0 saturated carbocycles. The molecule has 0 amide bonds. The van der Waals surface area contributed by atoms with Gasteiger partial charge in [-0.1, -0.05) is 11.6 Å². The Morgan fingerprint density at radius 1 is 1.58 bits per heavy atom. The van der Waals surface area contributed by atoms with Crippen LogP contribution in [0.15, 0.2) is 22.9 Å². The van der Waals surface area contributed by atoms with Crippen LogP contribution in [0.25, 0.3) is 5.65 Å². The highest BCUT2D eigenvalue weighted by molar-refractivity contribution is 9.10. The van der Waals surface area contributed by atoms with Gasteiger partial charge in [0.05, 0.1) is 0 Å². The number of nitrogens with zero attached hydrogens (tertiary/aromatic N) is 2. The Balaban J connectivity index is 2.87. The molecule has 0 saturated heterocycles. The molecular formula is C8H6BrClN2. The molecule has 0 aromatic carbocycles. The maximum atomic E-state index is 5.95. The number of hydrogen-bond acceptors (Lipinski definition) is 1. The Morgan fingerprint density at radius 3 is 3.08 bits per heavy atom. The predicted molar refractivity (Wildman–Crippen MR) is 52.6 cm³/mol. The van der Waals surface area contributed by atoms with Crippen molar-refractivity contribution in [3.05, 3.63) is 33.6 Å². The van der Waals surface area contributed by atoms with Crippen molar-refractivity contribution in [1.82, 2.24) is 9.38 Å². The molecule has 0 spiro atoms. The summed E-state index contributed by atoms with van der Waals surface area (Å²) in [6.07, 6.45) is 1.91. The van der Waals surface area contributed by atoms with E-state index in [9.17, 15) is 0 Å². The lowest BCUT2D eigenvalue weighted by Gasteiger charge is -1.94. The molecule has 0 N–H and O–H groups in total. The summed E-state index contributed by atoms with van der Waals surface area (Å²) >= 11 is 9.22. The molecule has 2 nitrogen and oxygen atoms in total. The van der Waals surface area contributed by atoms with Gasteiger partial charge in [0.2, 0.25) is 0 Å². The van der Waals surface area contributed by atoms with Gasteiger partial charge in [-0.25, -0.2) is 4.98 Å². The van der Waals surface area contributed by atoms with Gasteiger partial charge >= 0.3 is 0 Å². The molecule has 0 aliphatic rings. The Bertz CT molecular complexity index is 436. The molecule has 0 bridgehead atoms. The van der Waals surface area contributed by atoms with Crippen LogP contribution in [0.3, 0.4) is 0 Å². The standard InChI is InChI=1S/C8H6BrClN2/c1-5-2-3-12-6(4-5)11-7(9)8(12)10/h2-4H,1H3. The number of aromatic nitrogens is 2. The molecule has 62 valence electrons. The first-order chi connectivity index (χ1) is 5.68. The van der Waals surface area contributed by atoms with E-state index in [0.717, 1.165) is 5.65 Å². The Morgan fingerprint density at radius 2 is 2.33 bits per heavy atom. The van der Waals surface area contributed by atoms with Crippen LogP contribution < -0.4 is 0 Å². The van der Waals surface area contributed by atoms with Gasteiger partial charge < -0.3 is 0 Å². The SMILES string of the molecule is Cc1ccn2c(Cl)c(Br)nc2c1. The summed E-state index contributed by atoms with van der Waals surface area (Å²) in [5, 5.41) is 0.616. The highest BCUT2D eigenvalue weighted by atomic mass is 79.9. The van der Waals surface area contributed by atoms with Crippen LogP contribution >= 0.6 is 27.5 Å². The van der Waals surface area contributed by atoms with Crippen molar-refractivity contribution in [1.29, 1.82) is 0 Å². The minimum Gasteiger partial charge on any atom is -0.290 e. The average Bonchev–Trinajstić information content (AvgIpc) is 2.28. The third-order valence-corrected chi connectivity index (χ3v) is 2.83. The van der Waals surface area contributed by atoms with E-state index in [1.807, 2.05) is 29.7 Å². The van der Waals surface area contributed by atoms with E-state index >= 15 is 0 Å². The maximum absolute atomic E-state index is 5.95. The third-order valence-electron chi connectivity index (χ3n) is 1.68. The largest absolute Gasteiger partial charge is 0.290 e. The molecule has 12 heavy (non-hydrogen) atoms. The number of aryl methyl sites for hydroxylation is 1. The smallest absolute Gasteiger partial charge is 0.147 e. The lowest BCUT2D eigenvalue weighted by molar-refractivity contribution is 1.17. The van der Waals surface area contributed by atoms with Crippen LogP contribution in [0.2, 0.25) is 5.15 Å². The van der Waals surface area contributed by atoms with Gasteiger partial charge in [-0.2, -0.15) is 0 Å². The summed E-state index contributed by atoms with van der Waals surface area (Å²) in [6, 6.07) is 3.98.